The van der Waals surface area contributed by atoms with Crippen LogP contribution in [0, 0.1) is 6.92 Å². The van der Waals surface area contributed by atoms with Crippen LogP contribution in [-0.4, -0.2) is 43.8 Å². The van der Waals surface area contributed by atoms with E-state index in [1.165, 1.54) is 17.0 Å². The molecule has 4 aromatic rings. The minimum atomic E-state index is -4.24. The first-order chi connectivity index (χ1) is 21.9. The second-order valence-corrected chi connectivity index (χ2v) is 14.1. The number of halogens is 3. The van der Waals surface area contributed by atoms with E-state index in [-0.39, 0.29) is 35.5 Å². The maximum atomic E-state index is 14.6. The molecule has 2 atom stereocenters. The van der Waals surface area contributed by atoms with E-state index in [4.69, 9.17) is 34.8 Å². The van der Waals surface area contributed by atoms with Gasteiger partial charge in [-0.25, -0.2) is 8.42 Å². The van der Waals surface area contributed by atoms with E-state index in [0.29, 0.717) is 32.6 Å². The highest BCUT2D eigenvalue weighted by Crippen LogP contribution is 2.31. The number of nitrogens with zero attached hydrogens (tertiary/aromatic N) is 2. The Morgan fingerprint density at radius 2 is 1.46 bits per heavy atom. The molecule has 0 unspecified atom stereocenters. The fourth-order valence-corrected chi connectivity index (χ4v) is 7.22. The summed E-state index contributed by atoms with van der Waals surface area (Å²) in [6.07, 6.45) is 0.843. The number of amides is 2. The molecule has 0 aliphatic heterocycles. The number of hydrogen-bond acceptors (Lipinski definition) is 4. The van der Waals surface area contributed by atoms with Crippen molar-refractivity contribution in [3.8, 4) is 0 Å². The Labute approximate surface area is 286 Å². The Morgan fingerprint density at radius 1 is 0.848 bits per heavy atom. The zero-order chi connectivity index (χ0) is 33.4. The van der Waals surface area contributed by atoms with Crippen molar-refractivity contribution in [1.29, 1.82) is 0 Å². The Balaban J connectivity index is 1.86. The lowest BCUT2D eigenvalue weighted by Gasteiger charge is -2.35. The van der Waals surface area contributed by atoms with Crippen LogP contribution in [0.3, 0.4) is 0 Å². The van der Waals surface area contributed by atoms with Gasteiger partial charge in [0.25, 0.3) is 10.0 Å². The van der Waals surface area contributed by atoms with Crippen molar-refractivity contribution in [3.05, 3.63) is 129 Å². The standard InChI is InChI=1S/C35H36Cl3N3O4S/c1-4-25(3)39-35(43)33(21-26-12-7-5-8-13-26)40(22-29-30(37)16-11-17-31(29)38)34(42)23-41(32-19-18-27(36)20-24(32)2)46(44,45)28-14-9-6-10-15-28/h5-20,25,33H,4,21-23H2,1-3H3,(H,39,43)/t25-,33+/m0/s1. The largest absolute Gasteiger partial charge is 0.352 e. The first-order valence-corrected chi connectivity index (χ1v) is 17.4. The number of benzene rings is 4. The summed E-state index contributed by atoms with van der Waals surface area (Å²) < 4.78 is 29.4. The van der Waals surface area contributed by atoms with Crippen LogP contribution in [0.1, 0.15) is 37.0 Å². The monoisotopic (exact) mass is 699 g/mol. The van der Waals surface area contributed by atoms with Crippen molar-refractivity contribution < 1.29 is 18.0 Å². The molecule has 0 radical (unpaired) electrons. The third-order valence-corrected chi connectivity index (χ3v) is 10.4. The van der Waals surface area contributed by atoms with E-state index in [1.54, 1.807) is 61.5 Å². The van der Waals surface area contributed by atoms with Crippen molar-refractivity contribution in [2.75, 3.05) is 10.8 Å². The molecule has 0 saturated carbocycles. The third kappa shape index (κ3) is 8.62. The van der Waals surface area contributed by atoms with Gasteiger partial charge in [0.05, 0.1) is 10.6 Å². The van der Waals surface area contributed by atoms with Crippen LogP contribution in [0.15, 0.2) is 102 Å². The predicted octanol–water partition coefficient (Wildman–Crippen LogP) is 7.71. The quantitative estimate of drug-likeness (QED) is 0.155. The molecular weight excluding hydrogens is 665 g/mol. The molecule has 0 fully saturated rings. The van der Waals surface area contributed by atoms with Crippen LogP contribution in [0.4, 0.5) is 5.69 Å². The van der Waals surface area contributed by atoms with E-state index in [1.807, 2.05) is 44.2 Å². The highest BCUT2D eigenvalue weighted by Gasteiger charge is 2.36. The topological polar surface area (TPSA) is 86.8 Å². The number of carbonyl (C=O) groups is 2. The van der Waals surface area contributed by atoms with Gasteiger partial charge in [0.2, 0.25) is 11.8 Å². The second kappa shape index (κ2) is 15.8. The Bertz CT molecular complexity index is 1750. The molecule has 1 N–H and O–H groups in total. The van der Waals surface area contributed by atoms with Gasteiger partial charge < -0.3 is 10.2 Å². The van der Waals surface area contributed by atoms with Crippen molar-refractivity contribution >= 4 is 62.3 Å². The first kappa shape index (κ1) is 35.3. The fourth-order valence-electron chi connectivity index (χ4n) is 4.98. The van der Waals surface area contributed by atoms with E-state index in [0.717, 1.165) is 9.87 Å². The zero-order valence-electron chi connectivity index (χ0n) is 25.8. The van der Waals surface area contributed by atoms with Crippen LogP contribution in [0.25, 0.3) is 0 Å². The number of carbonyl (C=O) groups excluding carboxylic acids is 2. The van der Waals surface area contributed by atoms with E-state index in [9.17, 15) is 18.0 Å². The van der Waals surface area contributed by atoms with Crippen molar-refractivity contribution in [2.24, 2.45) is 0 Å². The molecule has 0 aliphatic carbocycles. The maximum absolute atomic E-state index is 14.6. The summed E-state index contributed by atoms with van der Waals surface area (Å²) in [6, 6.07) is 25.8. The number of nitrogens with one attached hydrogen (secondary N) is 1. The normalized spacial score (nSPS) is 12.7. The molecule has 0 aliphatic rings. The smallest absolute Gasteiger partial charge is 0.264 e. The minimum Gasteiger partial charge on any atom is -0.352 e. The summed E-state index contributed by atoms with van der Waals surface area (Å²) in [7, 11) is -4.24. The lowest BCUT2D eigenvalue weighted by molar-refractivity contribution is -0.140. The number of sulfonamides is 1. The molecule has 2 amide bonds. The van der Waals surface area contributed by atoms with E-state index < -0.39 is 28.5 Å². The average molecular weight is 701 g/mol. The summed E-state index contributed by atoms with van der Waals surface area (Å²) in [5.41, 5.74) is 2.09. The van der Waals surface area contributed by atoms with Gasteiger partial charge in [-0.1, -0.05) is 96.3 Å². The third-order valence-electron chi connectivity index (χ3n) is 7.70. The van der Waals surface area contributed by atoms with Crippen molar-refractivity contribution in [1.82, 2.24) is 10.2 Å². The number of aryl methyl sites for hydroxylation is 1. The van der Waals surface area contributed by atoms with E-state index >= 15 is 0 Å². The molecule has 242 valence electrons. The molecule has 0 bridgehead atoms. The maximum Gasteiger partial charge on any atom is 0.264 e. The summed E-state index contributed by atoms with van der Waals surface area (Å²) >= 11 is 19.4. The molecule has 4 rings (SSSR count). The lowest BCUT2D eigenvalue weighted by Crippen LogP contribution is -2.54. The highest BCUT2D eigenvalue weighted by molar-refractivity contribution is 7.92. The van der Waals surface area contributed by atoms with Crippen LogP contribution in [0.2, 0.25) is 15.1 Å². The number of rotatable bonds is 13. The van der Waals surface area contributed by atoms with Gasteiger partial charge in [0.1, 0.15) is 12.6 Å². The molecule has 0 aromatic heterocycles. The van der Waals surface area contributed by atoms with Crippen LogP contribution in [0.5, 0.6) is 0 Å². The van der Waals surface area contributed by atoms with Crippen LogP contribution < -0.4 is 9.62 Å². The van der Waals surface area contributed by atoms with Gasteiger partial charge in [-0.2, -0.15) is 0 Å². The summed E-state index contributed by atoms with van der Waals surface area (Å²) in [5.74, 6) is -1.00. The summed E-state index contributed by atoms with van der Waals surface area (Å²) in [5, 5.41) is 4.06. The predicted molar refractivity (Wildman–Crippen MR) is 186 cm³/mol. The molecule has 46 heavy (non-hydrogen) atoms. The SMILES string of the molecule is CC[C@H](C)NC(=O)[C@@H](Cc1ccccc1)N(Cc1c(Cl)cccc1Cl)C(=O)CN(c1ccc(Cl)cc1C)S(=O)(=O)c1ccccc1. The zero-order valence-corrected chi connectivity index (χ0v) is 28.9. The Hall–Kier alpha value is -3.56. The van der Waals surface area contributed by atoms with Crippen molar-refractivity contribution in [2.45, 2.75) is 57.1 Å². The molecule has 0 heterocycles. The summed E-state index contributed by atoms with van der Waals surface area (Å²) in [6.45, 7) is 4.81. The first-order valence-electron chi connectivity index (χ1n) is 14.8. The molecule has 0 saturated heterocycles. The van der Waals surface area contributed by atoms with Gasteiger partial charge in [0, 0.05) is 39.6 Å². The van der Waals surface area contributed by atoms with Gasteiger partial charge in [-0.05, 0) is 73.9 Å². The molecular formula is C35H36Cl3N3O4S. The highest BCUT2D eigenvalue weighted by atomic mass is 35.5. The van der Waals surface area contributed by atoms with Crippen molar-refractivity contribution in [3.63, 3.8) is 0 Å². The van der Waals surface area contributed by atoms with Crippen LogP contribution in [-0.2, 0) is 32.6 Å². The Kier molecular flexibility index (Phi) is 12.1. The van der Waals surface area contributed by atoms with Gasteiger partial charge in [0.15, 0.2) is 0 Å². The number of hydrogen-bond donors (Lipinski definition) is 1. The molecule has 11 heteroatoms. The average Bonchev–Trinajstić information content (AvgIpc) is 3.03. The van der Waals surface area contributed by atoms with Crippen LogP contribution >= 0.6 is 34.8 Å². The minimum absolute atomic E-state index is 0.00759. The summed E-state index contributed by atoms with van der Waals surface area (Å²) in [4.78, 5) is 30.0. The Morgan fingerprint density at radius 3 is 2.04 bits per heavy atom. The molecule has 4 aromatic carbocycles. The fraction of sp³-hybridized carbons (Fsp3) is 0.257. The second-order valence-electron chi connectivity index (χ2n) is 11.0. The van der Waals surface area contributed by atoms with E-state index in [2.05, 4.69) is 5.32 Å². The van der Waals surface area contributed by atoms with Gasteiger partial charge in [-0.15, -0.1) is 0 Å². The molecule has 0 spiro atoms. The number of anilines is 1. The lowest BCUT2D eigenvalue weighted by atomic mass is 10.0. The van der Waals surface area contributed by atoms with Gasteiger partial charge >= 0.3 is 0 Å². The van der Waals surface area contributed by atoms with Gasteiger partial charge in [-0.3, -0.25) is 13.9 Å². The molecule has 7 nitrogen and oxygen atoms in total.